The van der Waals surface area contributed by atoms with Crippen LogP contribution in [0.5, 0.6) is 0 Å². The number of amides is 1. The molecule has 6 heteroatoms. The molecule has 1 fully saturated rings. The fourth-order valence-electron chi connectivity index (χ4n) is 2.90. The molecule has 6 nitrogen and oxygen atoms in total. The molecule has 0 bridgehead atoms. The van der Waals surface area contributed by atoms with E-state index in [1.54, 1.807) is 13.1 Å². The van der Waals surface area contributed by atoms with E-state index in [0.717, 1.165) is 17.6 Å². The maximum Gasteiger partial charge on any atom is 0.227 e. The molecule has 3 N–H and O–H groups in total. The van der Waals surface area contributed by atoms with Crippen LogP contribution in [0.25, 0.3) is 0 Å². The number of aliphatic imine (C=N–C) groups is 1. The largest absolute Gasteiger partial charge is 0.356 e. The number of aryl methyl sites for hydroxylation is 1. The van der Waals surface area contributed by atoms with Crippen LogP contribution >= 0.6 is 0 Å². The molecule has 1 amide bonds. The Bertz CT molecular complexity index is 564. The molecule has 1 saturated carbocycles. The van der Waals surface area contributed by atoms with Crippen molar-refractivity contribution < 1.29 is 4.79 Å². The topological polar surface area (TPSA) is 78.4 Å². The van der Waals surface area contributed by atoms with Crippen molar-refractivity contribution in [2.24, 2.45) is 10.9 Å². The highest BCUT2D eigenvalue weighted by molar-refractivity contribution is 5.90. The molecule has 1 aliphatic rings. The molecule has 132 valence electrons. The Labute approximate surface area is 144 Å². The molecule has 0 aliphatic heterocycles. The highest BCUT2D eigenvalue weighted by Crippen LogP contribution is 2.23. The first-order chi connectivity index (χ1) is 11.6. The molecular weight excluding hydrogens is 302 g/mol. The number of rotatable bonds is 5. The number of carbonyl (C=O) groups excluding carboxylic acids is 1. The summed E-state index contributed by atoms with van der Waals surface area (Å²) in [6, 6.07) is 6.06. The van der Waals surface area contributed by atoms with E-state index in [1.807, 2.05) is 19.1 Å². The minimum absolute atomic E-state index is 0.0532. The lowest BCUT2D eigenvalue weighted by molar-refractivity contribution is -0.116. The van der Waals surface area contributed by atoms with E-state index in [1.165, 1.54) is 25.7 Å². The molecule has 0 unspecified atom stereocenters. The molecule has 24 heavy (non-hydrogen) atoms. The summed E-state index contributed by atoms with van der Waals surface area (Å²) >= 11 is 0. The predicted molar refractivity (Wildman–Crippen MR) is 98.1 cm³/mol. The Morgan fingerprint density at radius 3 is 2.71 bits per heavy atom. The van der Waals surface area contributed by atoms with Gasteiger partial charge >= 0.3 is 0 Å². The Kier molecular flexibility index (Phi) is 7.03. The van der Waals surface area contributed by atoms with Gasteiger partial charge in [0.1, 0.15) is 5.82 Å². The van der Waals surface area contributed by atoms with Crippen LogP contribution in [0, 0.1) is 12.8 Å². The number of carbonyl (C=O) groups is 1. The van der Waals surface area contributed by atoms with Crippen molar-refractivity contribution in [2.45, 2.75) is 52.0 Å². The first kappa shape index (κ1) is 18.2. The Hall–Kier alpha value is -2.11. The molecule has 1 aromatic rings. The number of hydrogen-bond donors (Lipinski definition) is 3. The highest BCUT2D eigenvalue weighted by atomic mass is 16.1. The highest BCUT2D eigenvalue weighted by Gasteiger charge is 2.18. The molecule has 1 aromatic heterocycles. The third-order valence-electron chi connectivity index (χ3n) is 4.38. The molecule has 0 atom stereocenters. The van der Waals surface area contributed by atoms with E-state index < -0.39 is 0 Å². The third-order valence-corrected chi connectivity index (χ3v) is 4.38. The van der Waals surface area contributed by atoms with Gasteiger partial charge in [0.05, 0.1) is 0 Å². The summed E-state index contributed by atoms with van der Waals surface area (Å²) in [7, 11) is 1.76. The fourth-order valence-corrected chi connectivity index (χ4v) is 2.90. The van der Waals surface area contributed by atoms with Gasteiger partial charge in [0.25, 0.3) is 0 Å². The summed E-state index contributed by atoms with van der Waals surface area (Å²) in [6.07, 6.45) is 5.27. The summed E-state index contributed by atoms with van der Waals surface area (Å²) in [5.41, 5.74) is 0.886. The van der Waals surface area contributed by atoms with Crippen LogP contribution in [0.3, 0.4) is 0 Å². The zero-order valence-corrected chi connectivity index (χ0v) is 14.9. The summed E-state index contributed by atoms with van der Waals surface area (Å²) in [4.78, 5) is 20.5. The van der Waals surface area contributed by atoms with Crippen molar-refractivity contribution in [1.82, 2.24) is 15.6 Å². The van der Waals surface area contributed by atoms with Gasteiger partial charge in [-0.15, -0.1) is 0 Å². The first-order valence-corrected chi connectivity index (χ1v) is 8.77. The average Bonchev–Trinajstić information content (AvgIpc) is 2.56. The van der Waals surface area contributed by atoms with Gasteiger partial charge < -0.3 is 16.0 Å². The van der Waals surface area contributed by atoms with Gasteiger partial charge in [-0.05, 0) is 50.7 Å². The lowest BCUT2D eigenvalue weighted by atomic mass is 9.87. The Balaban J connectivity index is 1.68. The quantitative estimate of drug-likeness (QED) is 0.572. The van der Waals surface area contributed by atoms with Crippen LogP contribution < -0.4 is 16.0 Å². The van der Waals surface area contributed by atoms with Crippen molar-refractivity contribution in [3.63, 3.8) is 0 Å². The van der Waals surface area contributed by atoms with Crippen LogP contribution in [0.2, 0.25) is 0 Å². The summed E-state index contributed by atoms with van der Waals surface area (Å²) < 4.78 is 0. The second kappa shape index (κ2) is 9.25. The lowest BCUT2D eigenvalue weighted by Crippen LogP contribution is -2.45. The number of anilines is 1. The van der Waals surface area contributed by atoms with Gasteiger partial charge in [-0.1, -0.05) is 13.0 Å². The van der Waals surface area contributed by atoms with Crippen molar-refractivity contribution in [3.8, 4) is 0 Å². The summed E-state index contributed by atoms with van der Waals surface area (Å²) in [5, 5.41) is 9.48. The molecule has 2 rings (SSSR count). The van der Waals surface area contributed by atoms with E-state index in [-0.39, 0.29) is 5.91 Å². The molecule has 0 spiro atoms. The molecule has 0 radical (unpaired) electrons. The van der Waals surface area contributed by atoms with Gasteiger partial charge in [0, 0.05) is 31.7 Å². The third kappa shape index (κ3) is 6.18. The van der Waals surface area contributed by atoms with E-state index in [4.69, 9.17) is 0 Å². The first-order valence-electron chi connectivity index (χ1n) is 8.77. The maximum absolute atomic E-state index is 12.0. The molecular formula is C18H29N5O. The lowest BCUT2D eigenvalue weighted by Gasteiger charge is -2.28. The van der Waals surface area contributed by atoms with Gasteiger partial charge in [0.2, 0.25) is 5.91 Å². The van der Waals surface area contributed by atoms with Crippen molar-refractivity contribution >= 4 is 17.7 Å². The van der Waals surface area contributed by atoms with Crippen molar-refractivity contribution in [3.05, 3.63) is 23.9 Å². The zero-order valence-electron chi connectivity index (χ0n) is 14.9. The normalized spacial score (nSPS) is 21.2. The monoisotopic (exact) mass is 331 g/mol. The van der Waals surface area contributed by atoms with Gasteiger partial charge in [-0.25, -0.2) is 4.98 Å². The summed E-state index contributed by atoms with van der Waals surface area (Å²) in [5.74, 6) is 2.15. The smallest absolute Gasteiger partial charge is 0.227 e. The van der Waals surface area contributed by atoms with Crippen molar-refractivity contribution in [2.75, 3.05) is 18.9 Å². The van der Waals surface area contributed by atoms with Gasteiger partial charge in [0.15, 0.2) is 5.96 Å². The maximum atomic E-state index is 12.0. The second-order valence-corrected chi connectivity index (χ2v) is 6.56. The van der Waals surface area contributed by atoms with Crippen LogP contribution in [0.4, 0.5) is 5.82 Å². The average molecular weight is 331 g/mol. The van der Waals surface area contributed by atoms with E-state index in [9.17, 15) is 4.79 Å². The van der Waals surface area contributed by atoms with Crippen LogP contribution in [-0.4, -0.2) is 36.5 Å². The molecule has 0 aromatic carbocycles. The number of nitrogens with one attached hydrogen (secondary N) is 3. The number of nitrogens with zero attached hydrogens (tertiary/aromatic N) is 2. The summed E-state index contributed by atoms with van der Waals surface area (Å²) in [6.45, 7) is 4.75. The zero-order chi connectivity index (χ0) is 17.4. The van der Waals surface area contributed by atoms with Crippen LogP contribution in [0.15, 0.2) is 23.2 Å². The van der Waals surface area contributed by atoms with E-state index in [0.29, 0.717) is 24.8 Å². The number of aromatic nitrogens is 1. The minimum Gasteiger partial charge on any atom is -0.356 e. The SMILES string of the molecule is CN=C(NCCC(=O)Nc1cccc(C)n1)NC1CCC(C)CC1. The molecule has 1 aliphatic carbocycles. The van der Waals surface area contributed by atoms with Crippen LogP contribution in [-0.2, 0) is 4.79 Å². The minimum atomic E-state index is -0.0532. The van der Waals surface area contributed by atoms with E-state index in [2.05, 4.69) is 32.9 Å². The Morgan fingerprint density at radius 2 is 2.04 bits per heavy atom. The Morgan fingerprint density at radius 1 is 1.29 bits per heavy atom. The van der Waals surface area contributed by atoms with E-state index >= 15 is 0 Å². The van der Waals surface area contributed by atoms with Crippen molar-refractivity contribution in [1.29, 1.82) is 0 Å². The predicted octanol–water partition coefficient (Wildman–Crippen LogP) is 2.46. The van der Waals surface area contributed by atoms with Gasteiger partial charge in [-0.3, -0.25) is 9.79 Å². The number of pyridine rings is 1. The molecule has 0 saturated heterocycles. The molecule has 1 heterocycles. The number of hydrogen-bond acceptors (Lipinski definition) is 3. The van der Waals surface area contributed by atoms with Gasteiger partial charge in [-0.2, -0.15) is 0 Å². The van der Waals surface area contributed by atoms with Crippen LogP contribution in [0.1, 0.15) is 44.7 Å². The fraction of sp³-hybridized carbons (Fsp3) is 0.611. The standard InChI is InChI=1S/C18H29N5O/c1-13-7-9-15(10-8-13)22-18(19-3)20-12-11-17(24)23-16-6-4-5-14(2)21-16/h4-6,13,15H,7-12H2,1-3H3,(H2,19,20,22)(H,21,23,24). The second-order valence-electron chi connectivity index (χ2n) is 6.56. The number of guanidine groups is 1.